The van der Waals surface area contributed by atoms with Crippen LogP contribution < -0.4 is 4.90 Å². The van der Waals surface area contributed by atoms with Crippen molar-refractivity contribution in [1.82, 2.24) is 4.57 Å². The van der Waals surface area contributed by atoms with Gasteiger partial charge in [-0.2, -0.15) is 0 Å². The van der Waals surface area contributed by atoms with E-state index >= 15 is 0 Å². The summed E-state index contributed by atoms with van der Waals surface area (Å²) in [5.74, 6) is 0. The molecule has 0 amide bonds. The summed E-state index contributed by atoms with van der Waals surface area (Å²) >= 11 is 0. The number of nitrogens with zero attached hydrogens (tertiary/aromatic N) is 2. The second-order valence-corrected chi connectivity index (χ2v) is 12.6. The van der Waals surface area contributed by atoms with E-state index in [1.165, 1.54) is 66.2 Å². The molecule has 0 aliphatic carbocycles. The zero-order chi connectivity index (χ0) is 30.1. The van der Waals surface area contributed by atoms with Crippen LogP contribution in [0.4, 0.5) is 17.1 Å². The molecule has 1 aromatic heterocycles. The summed E-state index contributed by atoms with van der Waals surface area (Å²) in [5, 5.41) is 5.07. The first-order valence-corrected chi connectivity index (χ1v) is 15.7. The van der Waals surface area contributed by atoms with Crippen LogP contribution in [0.15, 0.2) is 158 Å². The van der Waals surface area contributed by atoms with E-state index in [9.17, 15) is 0 Å². The largest absolute Gasteiger partial charge is 0.310 e. The molecule has 0 atom stereocenters. The third kappa shape index (κ3) is 3.76. The number of para-hydroxylation sites is 4. The van der Waals surface area contributed by atoms with Crippen LogP contribution in [-0.2, 0) is 5.41 Å². The second kappa shape index (κ2) is 9.70. The molecule has 8 aromatic rings. The lowest BCUT2D eigenvalue weighted by Gasteiger charge is -2.34. The van der Waals surface area contributed by atoms with Gasteiger partial charge in [0.25, 0.3) is 0 Å². The Morgan fingerprint density at radius 3 is 1.89 bits per heavy atom. The molecule has 9 rings (SSSR count). The van der Waals surface area contributed by atoms with Gasteiger partial charge in [-0.15, -0.1) is 0 Å². The minimum atomic E-state index is -0.0707. The molecule has 0 spiro atoms. The maximum atomic E-state index is 2.49. The number of rotatable bonds is 4. The summed E-state index contributed by atoms with van der Waals surface area (Å²) in [4.78, 5) is 2.36. The zero-order valence-electron chi connectivity index (χ0n) is 25.4. The van der Waals surface area contributed by atoms with Crippen LogP contribution in [0.25, 0.3) is 49.4 Å². The lowest BCUT2D eigenvalue weighted by Crippen LogP contribution is -2.26. The molecule has 2 heterocycles. The Balaban J connectivity index is 1.28. The van der Waals surface area contributed by atoms with E-state index in [1.807, 2.05) is 0 Å². The van der Waals surface area contributed by atoms with E-state index in [0.29, 0.717) is 0 Å². The van der Waals surface area contributed by atoms with E-state index in [1.54, 1.807) is 0 Å². The summed E-state index contributed by atoms with van der Waals surface area (Å²) in [5.41, 5.74) is 12.5. The lowest BCUT2D eigenvalue weighted by molar-refractivity contribution is 0.630. The van der Waals surface area contributed by atoms with Crippen molar-refractivity contribution in [2.45, 2.75) is 19.3 Å². The zero-order valence-corrected chi connectivity index (χ0v) is 25.4. The van der Waals surface area contributed by atoms with Gasteiger partial charge in [0.2, 0.25) is 0 Å². The van der Waals surface area contributed by atoms with Crippen molar-refractivity contribution in [3.8, 4) is 16.8 Å². The first-order valence-electron chi connectivity index (χ1n) is 15.7. The summed E-state index contributed by atoms with van der Waals surface area (Å²) in [6, 6.07) is 57.5. The fourth-order valence-corrected chi connectivity index (χ4v) is 7.65. The van der Waals surface area contributed by atoms with Crippen LogP contribution in [0.3, 0.4) is 0 Å². The average molecular weight is 577 g/mol. The molecule has 214 valence electrons. The Labute approximate surface area is 263 Å². The summed E-state index contributed by atoms with van der Waals surface area (Å²) in [7, 11) is 0. The van der Waals surface area contributed by atoms with Gasteiger partial charge in [0.05, 0.1) is 22.4 Å². The summed E-state index contributed by atoms with van der Waals surface area (Å²) in [6.45, 7) is 4.71. The van der Waals surface area contributed by atoms with Crippen LogP contribution in [-0.4, -0.2) is 4.57 Å². The fraction of sp³-hybridized carbons (Fsp3) is 0.0698. The first kappa shape index (κ1) is 25.9. The van der Waals surface area contributed by atoms with Gasteiger partial charge in [0, 0.05) is 32.9 Å². The highest BCUT2D eigenvalue weighted by molar-refractivity contribution is 6.14. The molecule has 0 bridgehead atoms. The predicted octanol–water partition coefficient (Wildman–Crippen LogP) is 11.7. The monoisotopic (exact) mass is 576 g/mol. The Hall–Kier alpha value is -5.60. The molecule has 1 aliphatic heterocycles. The Morgan fingerprint density at radius 2 is 1.11 bits per heavy atom. The number of benzene rings is 7. The maximum absolute atomic E-state index is 2.49. The fourth-order valence-electron chi connectivity index (χ4n) is 7.65. The van der Waals surface area contributed by atoms with Gasteiger partial charge in [-0.1, -0.05) is 123 Å². The van der Waals surface area contributed by atoms with Crippen LogP contribution in [0.2, 0.25) is 0 Å². The highest BCUT2D eigenvalue weighted by Gasteiger charge is 2.34. The van der Waals surface area contributed by atoms with E-state index in [0.717, 1.165) is 11.4 Å². The third-order valence-corrected chi connectivity index (χ3v) is 9.76. The van der Waals surface area contributed by atoms with Crippen molar-refractivity contribution < 1.29 is 0 Å². The topological polar surface area (TPSA) is 8.17 Å². The molecule has 45 heavy (non-hydrogen) atoms. The molecular formula is C43H32N2. The van der Waals surface area contributed by atoms with Gasteiger partial charge in [-0.3, -0.25) is 0 Å². The molecule has 0 fully saturated rings. The van der Waals surface area contributed by atoms with Crippen molar-refractivity contribution in [2.75, 3.05) is 4.90 Å². The molecule has 0 saturated carbocycles. The lowest BCUT2D eigenvalue weighted by atomic mass is 9.75. The van der Waals surface area contributed by atoms with Crippen molar-refractivity contribution in [3.05, 3.63) is 169 Å². The third-order valence-electron chi connectivity index (χ3n) is 9.76. The SMILES string of the molecule is CC1(C)c2ccccc2-n2c3ccc(-c4cccc5c(N(c6ccccc6)c6ccccc6)cccc45)cc3c3cccc1c32. The Morgan fingerprint density at radius 1 is 0.489 bits per heavy atom. The molecule has 1 aliphatic rings. The quantitative estimate of drug-likeness (QED) is 0.202. The molecule has 2 nitrogen and oxygen atoms in total. The highest BCUT2D eigenvalue weighted by atomic mass is 15.1. The molecule has 7 aromatic carbocycles. The van der Waals surface area contributed by atoms with Crippen molar-refractivity contribution in [1.29, 1.82) is 0 Å². The van der Waals surface area contributed by atoms with Gasteiger partial charge >= 0.3 is 0 Å². The van der Waals surface area contributed by atoms with Crippen LogP contribution in [0, 0.1) is 0 Å². The predicted molar refractivity (Wildman–Crippen MR) is 191 cm³/mol. The normalized spacial score (nSPS) is 13.3. The molecule has 0 N–H and O–H groups in total. The standard InChI is InChI=1S/C43H32N2/c1-43(2)37-22-9-10-24-41(37)45-40-27-26-29(28-36(40)35-21-12-23-38(43)42(35)45)32-18-11-20-34-33(32)19-13-25-39(34)44(30-14-5-3-6-15-30)31-16-7-4-8-17-31/h3-28H,1-2H3. The highest BCUT2D eigenvalue weighted by Crippen LogP contribution is 2.48. The molecule has 0 saturated heterocycles. The van der Waals surface area contributed by atoms with Crippen LogP contribution in [0.5, 0.6) is 0 Å². The van der Waals surface area contributed by atoms with Gasteiger partial charge in [-0.05, 0) is 76.2 Å². The van der Waals surface area contributed by atoms with Crippen LogP contribution in [0.1, 0.15) is 25.0 Å². The maximum Gasteiger partial charge on any atom is 0.0582 e. The van der Waals surface area contributed by atoms with E-state index < -0.39 is 0 Å². The molecule has 0 unspecified atom stereocenters. The smallest absolute Gasteiger partial charge is 0.0582 e. The van der Waals surface area contributed by atoms with Crippen LogP contribution >= 0.6 is 0 Å². The minimum absolute atomic E-state index is 0.0707. The van der Waals surface area contributed by atoms with Gasteiger partial charge < -0.3 is 9.47 Å². The molecule has 2 heteroatoms. The average Bonchev–Trinajstić information content (AvgIpc) is 3.42. The summed E-state index contributed by atoms with van der Waals surface area (Å²) in [6.07, 6.45) is 0. The molecule has 0 radical (unpaired) electrons. The number of fused-ring (bicyclic) bond motifs is 6. The molecular weight excluding hydrogens is 544 g/mol. The van der Waals surface area contributed by atoms with Crippen molar-refractivity contribution in [2.24, 2.45) is 0 Å². The van der Waals surface area contributed by atoms with Crippen molar-refractivity contribution in [3.63, 3.8) is 0 Å². The number of aromatic nitrogens is 1. The van der Waals surface area contributed by atoms with Crippen molar-refractivity contribution >= 4 is 49.6 Å². The summed E-state index contributed by atoms with van der Waals surface area (Å²) < 4.78 is 2.49. The minimum Gasteiger partial charge on any atom is -0.310 e. The number of hydrogen-bond acceptors (Lipinski definition) is 1. The van der Waals surface area contributed by atoms with E-state index in [-0.39, 0.29) is 5.41 Å². The number of hydrogen-bond donors (Lipinski definition) is 0. The van der Waals surface area contributed by atoms with Gasteiger partial charge in [0.15, 0.2) is 0 Å². The van der Waals surface area contributed by atoms with Gasteiger partial charge in [-0.25, -0.2) is 0 Å². The second-order valence-electron chi connectivity index (χ2n) is 12.6. The van der Waals surface area contributed by atoms with E-state index in [2.05, 4.69) is 181 Å². The first-order chi connectivity index (χ1) is 22.1. The Bertz CT molecular complexity index is 2360. The number of anilines is 3. The Kier molecular flexibility index (Phi) is 5.58. The van der Waals surface area contributed by atoms with E-state index in [4.69, 9.17) is 0 Å². The van der Waals surface area contributed by atoms with Gasteiger partial charge in [0.1, 0.15) is 0 Å².